The maximum Gasteiger partial charge on any atom is 0.261 e. The van der Waals surface area contributed by atoms with Gasteiger partial charge < -0.3 is 4.52 Å². The van der Waals surface area contributed by atoms with E-state index in [0.717, 1.165) is 0 Å². The van der Waals surface area contributed by atoms with Crippen LogP contribution in [0.4, 0.5) is 5.69 Å². The minimum absolute atomic E-state index is 0.0911. The molecule has 3 aromatic carbocycles. The number of nitrogens with zero attached hydrogens (tertiary/aromatic N) is 2. The summed E-state index contributed by atoms with van der Waals surface area (Å²) in [6.45, 7) is -0.167. The molecule has 1 aromatic heterocycles. The fourth-order valence-electron chi connectivity index (χ4n) is 2.78. The van der Waals surface area contributed by atoms with Crippen LogP contribution in [0.1, 0.15) is 5.89 Å². The number of hydrogen-bond acceptors (Lipinski definition) is 7. The monoisotopic (exact) mass is 470 g/mol. The first-order valence-corrected chi connectivity index (χ1v) is 12.4. The summed E-state index contributed by atoms with van der Waals surface area (Å²) in [5.41, 5.74) is 0.950. The third-order valence-electron chi connectivity index (χ3n) is 4.38. The fraction of sp³-hybridized carbons (Fsp3) is 0.0476. The largest absolute Gasteiger partial charge is 0.338 e. The van der Waals surface area contributed by atoms with Crippen molar-refractivity contribution < 1.29 is 21.4 Å². The van der Waals surface area contributed by atoms with Gasteiger partial charge >= 0.3 is 0 Å². The van der Waals surface area contributed by atoms with E-state index >= 15 is 0 Å². The molecule has 0 bridgehead atoms. The number of rotatable bonds is 8. The van der Waals surface area contributed by atoms with Gasteiger partial charge in [0.05, 0.1) is 16.3 Å². The van der Waals surface area contributed by atoms with E-state index in [1.54, 1.807) is 60.7 Å². The summed E-state index contributed by atoms with van der Waals surface area (Å²) >= 11 is 0. The average molecular weight is 471 g/mol. The molecule has 4 rings (SSSR count). The zero-order chi connectivity index (χ0) is 22.6. The SMILES string of the molecule is O=S(=O)(NCc1nc(-c2ccc(NS(=O)(=O)c3ccccc3)cc2)no1)c1ccccc1. The Morgan fingerprint density at radius 1 is 0.719 bits per heavy atom. The Balaban J connectivity index is 1.42. The number of hydrogen-bond donors (Lipinski definition) is 2. The summed E-state index contributed by atoms with van der Waals surface area (Å²) in [5, 5.41) is 3.85. The number of aromatic nitrogens is 2. The Labute approximate surface area is 185 Å². The highest BCUT2D eigenvalue weighted by molar-refractivity contribution is 7.92. The molecular formula is C21H18N4O5S2. The zero-order valence-electron chi connectivity index (χ0n) is 16.5. The van der Waals surface area contributed by atoms with E-state index in [-0.39, 0.29) is 28.1 Å². The molecule has 0 unspecified atom stereocenters. The molecule has 0 amide bonds. The molecule has 0 aliphatic carbocycles. The summed E-state index contributed by atoms with van der Waals surface area (Å²) in [6.07, 6.45) is 0. The molecule has 0 radical (unpaired) electrons. The molecule has 11 heteroatoms. The van der Waals surface area contributed by atoms with Crippen molar-refractivity contribution in [3.8, 4) is 11.4 Å². The second-order valence-corrected chi connectivity index (χ2v) is 10.1. The lowest BCUT2D eigenvalue weighted by Crippen LogP contribution is -2.23. The molecule has 32 heavy (non-hydrogen) atoms. The van der Waals surface area contributed by atoms with Crippen molar-refractivity contribution in [2.45, 2.75) is 16.3 Å². The van der Waals surface area contributed by atoms with Crippen molar-refractivity contribution in [3.05, 3.63) is 90.8 Å². The third kappa shape index (κ3) is 5.02. The standard InChI is InChI=1S/C21H18N4O5S2/c26-31(27,18-7-3-1-4-8-18)22-15-20-23-21(24-30-20)16-11-13-17(14-12-16)25-32(28,29)19-9-5-2-6-10-19/h1-14,22,25H,15H2. The maximum absolute atomic E-state index is 12.4. The van der Waals surface area contributed by atoms with Crippen LogP contribution < -0.4 is 9.44 Å². The zero-order valence-corrected chi connectivity index (χ0v) is 18.2. The van der Waals surface area contributed by atoms with E-state index in [2.05, 4.69) is 19.6 Å². The van der Waals surface area contributed by atoms with Gasteiger partial charge in [0.15, 0.2) is 0 Å². The molecule has 0 aliphatic rings. The normalized spacial score (nSPS) is 11.9. The molecule has 9 nitrogen and oxygen atoms in total. The minimum atomic E-state index is -3.70. The smallest absolute Gasteiger partial charge is 0.261 e. The lowest BCUT2D eigenvalue weighted by Gasteiger charge is -2.08. The van der Waals surface area contributed by atoms with Gasteiger partial charge in [0.1, 0.15) is 0 Å². The van der Waals surface area contributed by atoms with Gasteiger partial charge in [0, 0.05) is 11.3 Å². The van der Waals surface area contributed by atoms with Gasteiger partial charge in [-0.15, -0.1) is 0 Å². The van der Waals surface area contributed by atoms with Crippen molar-refractivity contribution in [3.63, 3.8) is 0 Å². The van der Waals surface area contributed by atoms with Gasteiger partial charge in [-0.25, -0.2) is 21.6 Å². The highest BCUT2D eigenvalue weighted by Gasteiger charge is 2.17. The van der Waals surface area contributed by atoms with E-state index in [1.807, 2.05) is 0 Å². The molecule has 0 fully saturated rings. The van der Waals surface area contributed by atoms with Crippen molar-refractivity contribution in [1.82, 2.24) is 14.9 Å². The van der Waals surface area contributed by atoms with E-state index in [9.17, 15) is 16.8 Å². The number of sulfonamides is 2. The highest BCUT2D eigenvalue weighted by Crippen LogP contribution is 2.21. The van der Waals surface area contributed by atoms with Crippen LogP contribution in [0, 0.1) is 0 Å². The quantitative estimate of drug-likeness (QED) is 0.405. The van der Waals surface area contributed by atoms with Crippen molar-refractivity contribution >= 4 is 25.7 Å². The molecular weight excluding hydrogens is 452 g/mol. The Kier molecular flexibility index (Phi) is 6.04. The summed E-state index contributed by atoms with van der Waals surface area (Å²) in [7, 11) is -7.40. The predicted molar refractivity (Wildman–Crippen MR) is 117 cm³/mol. The van der Waals surface area contributed by atoms with Gasteiger partial charge in [0.2, 0.25) is 21.7 Å². The van der Waals surface area contributed by atoms with Gasteiger partial charge in [-0.1, -0.05) is 41.6 Å². The Hall–Kier alpha value is -3.54. The molecule has 0 saturated heterocycles. The van der Waals surface area contributed by atoms with Crippen LogP contribution in [0.3, 0.4) is 0 Å². The topological polar surface area (TPSA) is 131 Å². The van der Waals surface area contributed by atoms with Crippen LogP contribution in [0.15, 0.2) is 99.2 Å². The van der Waals surface area contributed by atoms with Gasteiger partial charge in [-0.05, 0) is 48.5 Å². The maximum atomic E-state index is 12.4. The first kappa shape index (κ1) is 21.7. The van der Waals surface area contributed by atoms with E-state index in [0.29, 0.717) is 11.3 Å². The van der Waals surface area contributed by atoms with Gasteiger partial charge in [0.25, 0.3) is 10.0 Å². The third-order valence-corrected chi connectivity index (χ3v) is 7.20. The van der Waals surface area contributed by atoms with Crippen LogP contribution in [0.2, 0.25) is 0 Å². The first-order valence-electron chi connectivity index (χ1n) is 9.39. The number of anilines is 1. The van der Waals surface area contributed by atoms with Crippen LogP contribution in [0.25, 0.3) is 11.4 Å². The molecule has 0 atom stereocenters. The van der Waals surface area contributed by atoms with E-state index in [4.69, 9.17) is 4.52 Å². The van der Waals surface area contributed by atoms with Gasteiger partial charge in [-0.2, -0.15) is 4.98 Å². The highest BCUT2D eigenvalue weighted by atomic mass is 32.2. The predicted octanol–water partition coefficient (Wildman–Crippen LogP) is 3.02. The van der Waals surface area contributed by atoms with Crippen LogP contribution in [0.5, 0.6) is 0 Å². The second-order valence-electron chi connectivity index (χ2n) is 6.65. The van der Waals surface area contributed by atoms with Crippen LogP contribution >= 0.6 is 0 Å². The molecule has 164 valence electrons. The molecule has 0 saturated carbocycles. The number of benzene rings is 3. The lowest BCUT2D eigenvalue weighted by atomic mass is 10.2. The summed E-state index contributed by atoms with van der Waals surface area (Å²) in [6, 6.07) is 22.4. The van der Waals surface area contributed by atoms with E-state index in [1.165, 1.54) is 24.3 Å². The van der Waals surface area contributed by atoms with Crippen molar-refractivity contribution in [2.75, 3.05) is 4.72 Å². The summed E-state index contributed by atoms with van der Waals surface area (Å²) < 4.78 is 59.4. The summed E-state index contributed by atoms with van der Waals surface area (Å²) in [5.74, 6) is 0.338. The second kappa shape index (κ2) is 8.91. The van der Waals surface area contributed by atoms with Crippen molar-refractivity contribution in [2.24, 2.45) is 0 Å². The molecule has 0 aliphatic heterocycles. The van der Waals surface area contributed by atoms with Gasteiger partial charge in [-0.3, -0.25) is 4.72 Å². The average Bonchev–Trinajstić information content (AvgIpc) is 3.28. The molecule has 4 aromatic rings. The summed E-state index contributed by atoms with van der Waals surface area (Å²) in [4.78, 5) is 4.48. The first-order chi connectivity index (χ1) is 15.3. The minimum Gasteiger partial charge on any atom is -0.338 e. The molecule has 0 spiro atoms. The lowest BCUT2D eigenvalue weighted by molar-refractivity contribution is 0.376. The fourth-order valence-corrected chi connectivity index (χ4v) is 4.86. The Bertz CT molecular complexity index is 1400. The van der Waals surface area contributed by atoms with Crippen LogP contribution in [-0.4, -0.2) is 27.0 Å². The number of nitrogens with one attached hydrogen (secondary N) is 2. The van der Waals surface area contributed by atoms with E-state index < -0.39 is 20.0 Å². The Morgan fingerprint density at radius 3 is 1.88 bits per heavy atom. The molecule has 1 heterocycles. The Morgan fingerprint density at radius 2 is 1.28 bits per heavy atom. The molecule has 2 N–H and O–H groups in total. The van der Waals surface area contributed by atoms with Crippen molar-refractivity contribution in [1.29, 1.82) is 0 Å². The van der Waals surface area contributed by atoms with Crippen LogP contribution in [-0.2, 0) is 26.6 Å².